The molecule has 2 heterocycles. The number of carbonyl (C=O) groups is 1. The van der Waals surface area contributed by atoms with Gasteiger partial charge in [0.15, 0.2) is 5.65 Å². The third-order valence-electron chi connectivity index (χ3n) is 5.89. The average Bonchev–Trinajstić information content (AvgIpc) is 3.17. The maximum atomic E-state index is 13.5. The minimum atomic E-state index is 0.0566. The lowest BCUT2D eigenvalue weighted by Gasteiger charge is -2.37. The van der Waals surface area contributed by atoms with E-state index in [0.29, 0.717) is 23.9 Å². The lowest BCUT2D eigenvalue weighted by atomic mass is 9.92. The van der Waals surface area contributed by atoms with E-state index in [9.17, 15) is 4.79 Å². The predicted octanol–water partition coefficient (Wildman–Crippen LogP) is 4.07. The molecule has 158 valence electrons. The number of rotatable bonds is 6. The summed E-state index contributed by atoms with van der Waals surface area (Å²) in [5.74, 6) is 0.666. The van der Waals surface area contributed by atoms with Gasteiger partial charge in [0.25, 0.3) is 5.91 Å². The van der Waals surface area contributed by atoms with Crippen LogP contribution in [0.1, 0.15) is 61.9 Å². The number of amides is 1. The molecular formula is C23H29N5O2. The molecule has 0 unspecified atom stereocenters. The van der Waals surface area contributed by atoms with Crippen molar-refractivity contribution in [2.24, 2.45) is 0 Å². The Balaban J connectivity index is 1.60. The monoisotopic (exact) mass is 407 g/mol. The van der Waals surface area contributed by atoms with Crippen LogP contribution in [0.4, 0.5) is 0 Å². The van der Waals surface area contributed by atoms with Crippen LogP contribution in [-0.4, -0.2) is 49.5 Å². The van der Waals surface area contributed by atoms with E-state index < -0.39 is 0 Å². The molecule has 7 nitrogen and oxygen atoms in total. The highest BCUT2D eigenvalue weighted by Crippen LogP contribution is 2.29. The van der Waals surface area contributed by atoms with Crippen LogP contribution in [0.15, 0.2) is 37.1 Å². The van der Waals surface area contributed by atoms with Crippen molar-refractivity contribution in [2.45, 2.75) is 64.6 Å². The van der Waals surface area contributed by atoms with Crippen LogP contribution in [0.3, 0.4) is 0 Å². The fourth-order valence-electron chi connectivity index (χ4n) is 4.46. The van der Waals surface area contributed by atoms with Gasteiger partial charge in [-0.05, 0) is 44.4 Å². The fourth-order valence-corrected chi connectivity index (χ4v) is 4.46. The number of carbonyl (C=O) groups excluding carboxylic acids is 1. The molecule has 0 radical (unpaired) electrons. The lowest BCUT2D eigenvalue weighted by Crippen LogP contribution is -2.45. The quantitative estimate of drug-likeness (QED) is 0.616. The number of hydrogen-bond donors (Lipinski definition) is 0. The topological polar surface area (TPSA) is 73.1 Å². The first-order valence-electron chi connectivity index (χ1n) is 10.7. The molecule has 0 spiro atoms. The highest BCUT2D eigenvalue weighted by molar-refractivity contribution is 5.97. The van der Waals surface area contributed by atoms with E-state index in [4.69, 9.17) is 4.74 Å². The van der Waals surface area contributed by atoms with Gasteiger partial charge >= 0.3 is 0 Å². The summed E-state index contributed by atoms with van der Waals surface area (Å²) in [4.78, 5) is 28.2. The van der Waals surface area contributed by atoms with Crippen molar-refractivity contribution in [1.82, 2.24) is 24.4 Å². The van der Waals surface area contributed by atoms with Gasteiger partial charge in [0.2, 0.25) is 0 Å². The van der Waals surface area contributed by atoms with Gasteiger partial charge < -0.3 is 14.2 Å². The predicted molar refractivity (Wildman–Crippen MR) is 116 cm³/mol. The summed E-state index contributed by atoms with van der Waals surface area (Å²) >= 11 is 0. The summed E-state index contributed by atoms with van der Waals surface area (Å²) in [6.07, 6.45) is 10.8. The Bertz CT molecular complexity index is 1020. The van der Waals surface area contributed by atoms with Gasteiger partial charge in [-0.1, -0.05) is 25.3 Å². The van der Waals surface area contributed by atoms with E-state index >= 15 is 0 Å². The van der Waals surface area contributed by atoms with E-state index in [-0.39, 0.29) is 11.9 Å². The second-order valence-electron chi connectivity index (χ2n) is 8.24. The third-order valence-corrected chi connectivity index (χ3v) is 5.89. The number of hydrogen-bond acceptors (Lipinski definition) is 5. The molecule has 0 atom stereocenters. The van der Waals surface area contributed by atoms with Crippen LogP contribution in [-0.2, 0) is 6.54 Å². The maximum Gasteiger partial charge on any atom is 0.258 e. The first-order valence-corrected chi connectivity index (χ1v) is 10.7. The van der Waals surface area contributed by atoms with Crippen LogP contribution in [0.5, 0.6) is 5.75 Å². The number of methoxy groups -OCH3 is 1. The minimum absolute atomic E-state index is 0.0566. The maximum absolute atomic E-state index is 13.5. The zero-order valence-electron chi connectivity index (χ0n) is 17.9. The van der Waals surface area contributed by atoms with E-state index in [2.05, 4.69) is 33.7 Å². The zero-order chi connectivity index (χ0) is 21.1. The summed E-state index contributed by atoms with van der Waals surface area (Å²) < 4.78 is 7.60. The van der Waals surface area contributed by atoms with Crippen LogP contribution in [0.25, 0.3) is 11.2 Å². The molecule has 0 aliphatic heterocycles. The first kappa shape index (κ1) is 20.3. The molecule has 1 saturated carbocycles. The molecule has 1 aliphatic rings. The Morgan fingerprint density at radius 1 is 1.23 bits per heavy atom. The minimum Gasteiger partial charge on any atom is -0.496 e. The first-order chi connectivity index (χ1) is 14.6. The molecule has 0 saturated heterocycles. The Morgan fingerprint density at radius 3 is 2.77 bits per heavy atom. The molecule has 2 aromatic heterocycles. The Kier molecular flexibility index (Phi) is 5.97. The number of imidazole rings is 1. The standard InChI is InChI=1S/C23H29N5O2/c1-16(2)28(18-7-5-4-6-8-18)23(29)19-10-9-17(11-21(19)30-3)13-27-15-26-20-12-24-14-25-22(20)27/h9-12,14-16,18H,4-8,13H2,1-3H3. The van der Waals surface area contributed by atoms with Gasteiger partial charge in [-0.2, -0.15) is 0 Å². The summed E-state index contributed by atoms with van der Waals surface area (Å²) in [6, 6.07) is 6.29. The average molecular weight is 408 g/mol. The van der Waals surface area contributed by atoms with Crippen LogP contribution in [0, 0.1) is 0 Å². The molecule has 1 aromatic carbocycles. The van der Waals surface area contributed by atoms with E-state index in [1.54, 1.807) is 19.6 Å². The van der Waals surface area contributed by atoms with Gasteiger partial charge in [-0.3, -0.25) is 4.79 Å². The van der Waals surface area contributed by atoms with E-state index in [1.807, 2.05) is 22.8 Å². The lowest BCUT2D eigenvalue weighted by molar-refractivity contribution is 0.0552. The zero-order valence-corrected chi connectivity index (χ0v) is 17.9. The SMILES string of the molecule is COc1cc(Cn2cnc3cncnc32)ccc1C(=O)N(C(C)C)C1CCCCC1. The molecule has 1 amide bonds. The van der Waals surface area contributed by atoms with Crippen molar-refractivity contribution in [3.05, 3.63) is 48.2 Å². The largest absolute Gasteiger partial charge is 0.496 e. The second kappa shape index (κ2) is 8.81. The Morgan fingerprint density at radius 2 is 2.03 bits per heavy atom. The molecule has 0 N–H and O–H groups in total. The highest BCUT2D eigenvalue weighted by atomic mass is 16.5. The van der Waals surface area contributed by atoms with Gasteiger partial charge in [0.05, 0.1) is 31.7 Å². The van der Waals surface area contributed by atoms with Crippen LogP contribution in [0.2, 0.25) is 0 Å². The fraction of sp³-hybridized carbons (Fsp3) is 0.478. The van der Waals surface area contributed by atoms with Gasteiger partial charge in [-0.25, -0.2) is 15.0 Å². The normalized spacial score (nSPS) is 14.9. The summed E-state index contributed by atoms with van der Waals surface area (Å²) in [6.45, 7) is 4.79. The second-order valence-corrected chi connectivity index (χ2v) is 8.24. The number of nitrogens with zero attached hydrogens (tertiary/aromatic N) is 5. The number of benzene rings is 1. The van der Waals surface area contributed by atoms with Crippen molar-refractivity contribution >= 4 is 17.1 Å². The van der Waals surface area contributed by atoms with Crippen molar-refractivity contribution in [3.8, 4) is 5.75 Å². The molecule has 30 heavy (non-hydrogen) atoms. The molecular weight excluding hydrogens is 378 g/mol. The molecule has 1 aliphatic carbocycles. The van der Waals surface area contributed by atoms with E-state index in [1.165, 1.54) is 25.6 Å². The molecule has 7 heteroatoms. The summed E-state index contributed by atoms with van der Waals surface area (Å²) in [5, 5.41) is 0. The van der Waals surface area contributed by atoms with Crippen LogP contribution >= 0.6 is 0 Å². The third kappa shape index (κ3) is 4.01. The van der Waals surface area contributed by atoms with Gasteiger partial charge in [0.1, 0.15) is 17.6 Å². The van der Waals surface area contributed by atoms with E-state index in [0.717, 1.165) is 29.6 Å². The summed E-state index contributed by atoms with van der Waals surface area (Å²) in [5.41, 5.74) is 3.19. The van der Waals surface area contributed by atoms with Crippen molar-refractivity contribution < 1.29 is 9.53 Å². The molecule has 4 rings (SSSR count). The molecule has 1 fully saturated rings. The van der Waals surface area contributed by atoms with Gasteiger partial charge in [0, 0.05) is 12.1 Å². The molecule has 0 bridgehead atoms. The smallest absolute Gasteiger partial charge is 0.258 e. The van der Waals surface area contributed by atoms with Crippen molar-refractivity contribution in [1.29, 1.82) is 0 Å². The van der Waals surface area contributed by atoms with Gasteiger partial charge in [-0.15, -0.1) is 0 Å². The van der Waals surface area contributed by atoms with Crippen molar-refractivity contribution in [3.63, 3.8) is 0 Å². The number of ether oxygens (including phenoxy) is 1. The molecule has 3 aromatic rings. The summed E-state index contributed by atoms with van der Waals surface area (Å²) in [7, 11) is 1.62. The Labute approximate surface area is 177 Å². The van der Waals surface area contributed by atoms with Crippen molar-refractivity contribution in [2.75, 3.05) is 7.11 Å². The number of fused-ring (bicyclic) bond motifs is 1. The Hall–Kier alpha value is -2.96. The number of aromatic nitrogens is 4. The van der Waals surface area contributed by atoms with Crippen LogP contribution < -0.4 is 4.74 Å². The highest BCUT2D eigenvalue weighted by Gasteiger charge is 2.30.